The summed E-state index contributed by atoms with van der Waals surface area (Å²) in [5.74, 6) is 0.449. The Morgan fingerprint density at radius 2 is 1.72 bits per heavy atom. The van der Waals surface area contributed by atoms with E-state index in [0.29, 0.717) is 19.0 Å². The highest BCUT2D eigenvalue weighted by molar-refractivity contribution is 5.35. The summed E-state index contributed by atoms with van der Waals surface area (Å²) in [4.78, 5) is 0. The van der Waals surface area contributed by atoms with Gasteiger partial charge in [-0.3, -0.25) is 0 Å². The Hall–Kier alpha value is -0.860. The van der Waals surface area contributed by atoms with Crippen molar-refractivity contribution in [2.45, 2.75) is 46.0 Å². The van der Waals surface area contributed by atoms with Crippen LogP contribution in [-0.4, -0.2) is 13.1 Å². The van der Waals surface area contributed by atoms with Gasteiger partial charge in [-0.15, -0.1) is 0 Å². The highest BCUT2D eigenvalue weighted by atomic mass is 14.6. The van der Waals surface area contributed by atoms with Crippen LogP contribution >= 0.6 is 0 Å². The van der Waals surface area contributed by atoms with Crippen molar-refractivity contribution < 1.29 is 0 Å². The number of nitrogens with two attached hydrogens (primary N) is 2. The Kier molecular flexibility index (Phi) is 5.36. The van der Waals surface area contributed by atoms with Crippen LogP contribution in [0, 0.1) is 12.8 Å². The summed E-state index contributed by atoms with van der Waals surface area (Å²) in [6.45, 7) is 10.4. The van der Waals surface area contributed by atoms with E-state index in [0.717, 1.165) is 12.8 Å². The van der Waals surface area contributed by atoms with E-state index >= 15 is 0 Å². The zero-order valence-corrected chi connectivity index (χ0v) is 12.3. The van der Waals surface area contributed by atoms with Gasteiger partial charge in [0, 0.05) is 0 Å². The fraction of sp³-hybridized carbons (Fsp3) is 0.625. The summed E-state index contributed by atoms with van der Waals surface area (Å²) in [6.07, 6.45) is 2.15. The second kappa shape index (κ2) is 6.35. The van der Waals surface area contributed by atoms with Gasteiger partial charge >= 0.3 is 0 Å². The predicted octanol–water partition coefficient (Wildman–Crippen LogP) is 2.76. The first-order valence-electron chi connectivity index (χ1n) is 6.88. The first-order chi connectivity index (χ1) is 8.38. The van der Waals surface area contributed by atoms with Gasteiger partial charge in [-0.25, -0.2) is 0 Å². The first-order valence-corrected chi connectivity index (χ1v) is 6.88. The SMILES string of the molecule is Cc1ccc(CCC(CN)CN)cc1C(C)(C)C. The van der Waals surface area contributed by atoms with Gasteiger partial charge in [0.15, 0.2) is 0 Å². The van der Waals surface area contributed by atoms with Crippen LogP contribution in [0.3, 0.4) is 0 Å². The molecule has 0 aliphatic heterocycles. The molecule has 0 radical (unpaired) electrons. The topological polar surface area (TPSA) is 52.0 Å². The Bertz CT molecular complexity index is 373. The fourth-order valence-corrected chi connectivity index (χ4v) is 2.34. The lowest BCUT2D eigenvalue weighted by Gasteiger charge is -2.23. The Morgan fingerprint density at radius 1 is 1.11 bits per heavy atom. The lowest BCUT2D eigenvalue weighted by Crippen LogP contribution is -2.23. The molecule has 1 rings (SSSR count). The molecular formula is C16H28N2. The van der Waals surface area contributed by atoms with Gasteiger partial charge in [-0.2, -0.15) is 0 Å². The van der Waals surface area contributed by atoms with Gasteiger partial charge in [-0.05, 0) is 60.9 Å². The monoisotopic (exact) mass is 248 g/mol. The average Bonchev–Trinajstić information content (AvgIpc) is 2.31. The largest absolute Gasteiger partial charge is 0.330 e. The van der Waals surface area contributed by atoms with E-state index in [1.165, 1.54) is 16.7 Å². The fourth-order valence-electron chi connectivity index (χ4n) is 2.34. The maximum atomic E-state index is 5.69. The first kappa shape index (κ1) is 15.2. The van der Waals surface area contributed by atoms with Crippen molar-refractivity contribution in [1.82, 2.24) is 0 Å². The third-order valence-electron chi connectivity index (χ3n) is 3.62. The molecule has 18 heavy (non-hydrogen) atoms. The Balaban J connectivity index is 2.80. The van der Waals surface area contributed by atoms with Crippen molar-refractivity contribution in [1.29, 1.82) is 0 Å². The molecule has 0 heterocycles. The van der Waals surface area contributed by atoms with Gasteiger partial charge in [0.05, 0.1) is 0 Å². The minimum Gasteiger partial charge on any atom is -0.330 e. The lowest BCUT2D eigenvalue weighted by molar-refractivity contribution is 0.507. The molecule has 102 valence electrons. The van der Waals surface area contributed by atoms with Crippen molar-refractivity contribution >= 4 is 0 Å². The van der Waals surface area contributed by atoms with E-state index in [2.05, 4.69) is 45.9 Å². The molecule has 4 N–H and O–H groups in total. The third kappa shape index (κ3) is 4.11. The van der Waals surface area contributed by atoms with E-state index in [1.54, 1.807) is 0 Å². The summed E-state index contributed by atoms with van der Waals surface area (Å²) >= 11 is 0. The normalized spacial score (nSPS) is 12.2. The average molecular weight is 248 g/mol. The molecule has 0 bridgehead atoms. The number of benzene rings is 1. The summed E-state index contributed by atoms with van der Waals surface area (Å²) in [5, 5.41) is 0. The van der Waals surface area contributed by atoms with Gasteiger partial charge in [0.25, 0.3) is 0 Å². The highest BCUT2D eigenvalue weighted by Gasteiger charge is 2.16. The second-order valence-corrected chi connectivity index (χ2v) is 6.28. The minimum absolute atomic E-state index is 0.210. The van der Waals surface area contributed by atoms with Gasteiger partial charge in [-0.1, -0.05) is 39.0 Å². The standard InChI is InChI=1S/C16H28N2/c1-12-5-6-13(7-8-14(10-17)11-18)9-15(12)16(2,3)4/h5-6,9,14H,7-8,10-11,17-18H2,1-4H3. The van der Waals surface area contributed by atoms with Crippen LogP contribution in [-0.2, 0) is 11.8 Å². The number of hydrogen-bond donors (Lipinski definition) is 2. The zero-order valence-electron chi connectivity index (χ0n) is 12.3. The molecule has 0 saturated carbocycles. The number of rotatable bonds is 5. The number of aryl methyl sites for hydroxylation is 2. The minimum atomic E-state index is 0.210. The molecule has 0 atom stereocenters. The molecule has 0 saturated heterocycles. The van der Waals surface area contributed by atoms with Crippen molar-refractivity contribution in [2.75, 3.05) is 13.1 Å². The van der Waals surface area contributed by atoms with Crippen molar-refractivity contribution in [3.05, 3.63) is 34.9 Å². The quantitative estimate of drug-likeness (QED) is 0.842. The molecule has 0 aromatic heterocycles. The summed E-state index contributed by atoms with van der Waals surface area (Å²) in [7, 11) is 0. The van der Waals surface area contributed by atoms with E-state index in [-0.39, 0.29) is 5.41 Å². The van der Waals surface area contributed by atoms with E-state index in [9.17, 15) is 0 Å². The summed E-state index contributed by atoms with van der Waals surface area (Å²) in [5.41, 5.74) is 15.8. The molecular weight excluding hydrogens is 220 g/mol. The van der Waals surface area contributed by atoms with Crippen molar-refractivity contribution in [2.24, 2.45) is 17.4 Å². The second-order valence-electron chi connectivity index (χ2n) is 6.28. The van der Waals surface area contributed by atoms with E-state index in [4.69, 9.17) is 11.5 Å². The molecule has 0 aliphatic carbocycles. The van der Waals surface area contributed by atoms with Crippen LogP contribution in [0.4, 0.5) is 0 Å². The van der Waals surface area contributed by atoms with Crippen LogP contribution < -0.4 is 11.5 Å². The lowest BCUT2D eigenvalue weighted by atomic mass is 9.82. The molecule has 2 heteroatoms. The molecule has 0 unspecified atom stereocenters. The maximum absolute atomic E-state index is 5.69. The van der Waals surface area contributed by atoms with Crippen LogP contribution in [0.2, 0.25) is 0 Å². The molecule has 0 amide bonds. The summed E-state index contributed by atoms with van der Waals surface area (Å²) < 4.78 is 0. The van der Waals surface area contributed by atoms with Gasteiger partial charge in [0.2, 0.25) is 0 Å². The molecule has 0 fully saturated rings. The smallest absolute Gasteiger partial charge is 0.00367 e. The summed E-state index contributed by atoms with van der Waals surface area (Å²) in [6, 6.07) is 6.81. The molecule has 2 nitrogen and oxygen atoms in total. The molecule has 1 aromatic rings. The molecule has 0 aliphatic rings. The van der Waals surface area contributed by atoms with Crippen molar-refractivity contribution in [3.63, 3.8) is 0 Å². The molecule has 1 aromatic carbocycles. The Labute approximate surface area is 112 Å². The maximum Gasteiger partial charge on any atom is -0.00367 e. The van der Waals surface area contributed by atoms with E-state index in [1.807, 2.05) is 0 Å². The van der Waals surface area contributed by atoms with Crippen LogP contribution in [0.5, 0.6) is 0 Å². The van der Waals surface area contributed by atoms with Crippen LogP contribution in [0.1, 0.15) is 43.9 Å². The van der Waals surface area contributed by atoms with E-state index < -0.39 is 0 Å². The predicted molar refractivity (Wildman–Crippen MR) is 79.8 cm³/mol. The third-order valence-corrected chi connectivity index (χ3v) is 3.62. The van der Waals surface area contributed by atoms with Crippen LogP contribution in [0.25, 0.3) is 0 Å². The molecule has 0 spiro atoms. The van der Waals surface area contributed by atoms with Gasteiger partial charge in [0.1, 0.15) is 0 Å². The van der Waals surface area contributed by atoms with Crippen molar-refractivity contribution in [3.8, 4) is 0 Å². The Morgan fingerprint density at radius 3 is 2.22 bits per heavy atom. The zero-order chi connectivity index (χ0) is 13.8. The highest BCUT2D eigenvalue weighted by Crippen LogP contribution is 2.27. The number of hydrogen-bond acceptors (Lipinski definition) is 2. The van der Waals surface area contributed by atoms with Gasteiger partial charge < -0.3 is 11.5 Å². The van der Waals surface area contributed by atoms with Crippen LogP contribution in [0.15, 0.2) is 18.2 Å².